The van der Waals surface area contributed by atoms with Crippen LogP contribution in [-0.4, -0.2) is 18.1 Å². The Morgan fingerprint density at radius 3 is 1.95 bits per heavy atom. The third-order valence-corrected chi connectivity index (χ3v) is 2.30. The molecule has 1 aromatic carbocycles. The fraction of sp³-hybridized carbons (Fsp3) is 0.364. The number of alkyl halides is 6. The van der Waals surface area contributed by atoms with E-state index in [1.165, 1.54) is 6.92 Å². The van der Waals surface area contributed by atoms with Gasteiger partial charge in [0.1, 0.15) is 5.82 Å². The maximum atomic E-state index is 13.2. The number of rotatable bonds is 2. The molecule has 0 bridgehead atoms. The number of halogens is 7. The Morgan fingerprint density at radius 2 is 1.53 bits per heavy atom. The Hall–Kier alpha value is -1.60. The van der Waals surface area contributed by atoms with Crippen molar-refractivity contribution in [2.45, 2.75) is 19.3 Å². The van der Waals surface area contributed by atoms with Gasteiger partial charge in [0, 0.05) is 0 Å². The zero-order valence-electron chi connectivity index (χ0n) is 9.36. The van der Waals surface area contributed by atoms with E-state index in [0.717, 1.165) is 6.07 Å². The van der Waals surface area contributed by atoms with Gasteiger partial charge in [-0.15, -0.1) is 0 Å². The molecule has 0 unspecified atom stereocenters. The lowest BCUT2D eigenvalue weighted by Crippen LogP contribution is -2.42. The van der Waals surface area contributed by atoms with E-state index in [1.807, 2.05) is 0 Å². The lowest BCUT2D eigenvalue weighted by atomic mass is 9.95. The first kappa shape index (κ1) is 15.5. The zero-order valence-corrected chi connectivity index (χ0v) is 9.36. The quantitative estimate of drug-likeness (QED) is 0.592. The summed E-state index contributed by atoms with van der Waals surface area (Å²) in [6, 6.07) is 2.43. The van der Waals surface area contributed by atoms with Gasteiger partial charge in [-0.05, 0) is 19.1 Å². The normalized spacial score (nSPS) is 12.9. The molecule has 0 aromatic heterocycles. The summed E-state index contributed by atoms with van der Waals surface area (Å²) in [6.45, 7) is 1.31. The van der Waals surface area contributed by atoms with Gasteiger partial charge in [0.2, 0.25) is 5.92 Å². The molecule has 19 heavy (non-hydrogen) atoms. The number of hydrogen-bond acceptors (Lipinski definition) is 1. The highest BCUT2D eigenvalue weighted by atomic mass is 19.4. The first-order valence-electron chi connectivity index (χ1n) is 4.88. The molecule has 0 aliphatic rings. The molecule has 0 aliphatic carbocycles. The van der Waals surface area contributed by atoms with Gasteiger partial charge in [-0.1, -0.05) is 11.6 Å². The fourth-order valence-electron chi connectivity index (χ4n) is 1.47. The van der Waals surface area contributed by atoms with Crippen LogP contribution in [0.1, 0.15) is 15.9 Å². The van der Waals surface area contributed by atoms with Crippen LogP contribution in [0.25, 0.3) is 0 Å². The van der Waals surface area contributed by atoms with Gasteiger partial charge in [0.05, 0.1) is 5.56 Å². The summed E-state index contributed by atoms with van der Waals surface area (Å²) in [5.74, 6) is -7.99. The summed E-state index contributed by atoms with van der Waals surface area (Å²) in [5.41, 5.74) is -1.05. The van der Waals surface area contributed by atoms with Crippen molar-refractivity contribution in [3.05, 3.63) is 35.1 Å². The molecule has 0 N–H and O–H groups in total. The van der Waals surface area contributed by atoms with E-state index in [1.54, 1.807) is 0 Å². The maximum absolute atomic E-state index is 13.2. The van der Waals surface area contributed by atoms with Crippen molar-refractivity contribution in [3.8, 4) is 0 Å². The molecule has 0 amide bonds. The van der Waals surface area contributed by atoms with Crippen molar-refractivity contribution in [1.29, 1.82) is 0 Å². The number of Topliss-reactive ketones (excluding diaryl/α,β-unsaturated/α-hetero) is 1. The van der Waals surface area contributed by atoms with Gasteiger partial charge in [0.25, 0.3) is 0 Å². The third-order valence-electron chi connectivity index (χ3n) is 2.30. The SMILES string of the molecule is Cc1ccc(F)c(C(=O)C(C(F)(F)F)C(F)(F)F)c1. The Bertz CT molecular complexity index is 473. The molecule has 0 radical (unpaired) electrons. The number of carbonyl (C=O) groups excluding carboxylic acids is 1. The molecule has 8 heteroatoms. The molecule has 1 nitrogen and oxygen atoms in total. The summed E-state index contributed by atoms with van der Waals surface area (Å²) < 4.78 is 87.1. The van der Waals surface area contributed by atoms with E-state index in [4.69, 9.17) is 0 Å². The van der Waals surface area contributed by atoms with E-state index in [2.05, 4.69) is 0 Å². The molecule has 0 saturated heterocycles. The average Bonchev–Trinajstić information content (AvgIpc) is 2.17. The van der Waals surface area contributed by atoms with E-state index >= 15 is 0 Å². The van der Waals surface area contributed by atoms with Gasteiger partial charge in [0.15, 0.2) is 5.78 Å². The number of carbonyl (C=O) groups is 1. The highest BCUT2D eigenvalue weighted by Gasteiger charge is 2.61. The molecule has 0 atom stereocenters. The summed E-state index contributed by atoms with van der Waals surface area (Å²) in [7, 11) is 0. The lowest BCUT2D eigenvalue weighted by Gasteiger charge is -2.22. The predicted octanol–water partition coefficient (Wildman–Crippen LogP) is 4.06. The molecule has 0 saturated carbocycles. The van der Waals surface area contributed by atoms with E-state index in [0.29, 0.717) is 12.1 Å². The molecule has 0 heterocycles. The van der Waals surface area contributed by atoms with Crippen LogP contribution in [0.4, 0.5) is 30.7 Å². The van der Waals surface area contributed by atoms with Crippen LogP contribution in [-0.2, 0) is 0 Å². The molecule has 0 spiro atoms. The summed E-state index contributed by atoms with van der Waals surface area (Å²) in [4.78, 5) is 11.3. The summed E-state index contributed by atoms with van der Waals surface area (Å²) in [6.07, 6.45) is -11.7. The van der Waals surface area contributed by atoms with Crippen LogP contribution in [0, 0.1) is 18.7 Å². The summed E-state index contributed by atoms with van der Waals surface area (Å²) >= 11 is 0. The Labute approximate surface area is 103 Å². The van der Waals surface area contributed by atoms with Crippen molar-refractivity contribution < 1.29 is 35.5 Å². The highest BCUT2D eigenvalue weighted by molar-refractivity contribution is 5.99. The summed E-state index contributed by atoms with van der Waals surface area (Å²) in [5, 5.41) is 0. The van der Waals surface area contributed by atoms with Gasteiger partial charge in [-0.2, -0.15) is 26.3 Å². The van der Waals surface area contributed by atoms with Crippen LogP contribution >= 0.6 is 0 Å². The maximum Gasteiger partial charge on any atom is 0.407 e. The molecule has 1 rings (SSSR count). The molecule has 0 aliphatic heterocycles. The van der Waals surface area contributed by atoms with E-state index in [9.17, 15) is 35.5 Å². The van der Waals surface area contributed by atoms with Gasteiger partial charge in [-0.3, -0.25) is 4.79 Å². The molecular formula is C11H7F7O. The first-order chi connectivity index (χ1) is 8.44. The molecule has 0 fully saturated rings. The smallest absolute Gasteiger partial charge is 0.293 e. The number of hydrogen-bond donors (Lipinski definition) is 0. The predicted molar refractivity (Wildman–Crippen MR) is 51.1 cm³/mol. The largest absolute Gasteiger partial charge is 0.407 e. The third kappa shape index (κ3) is 3.45. The molecular weight excluding hydrogens is 281 g/mol. The minimum absolute atomic E-state index is 0.174. The monoisotopic (exact) mass is 288 g/mol. The minimum Gasteiger partial charge on any atom is -0.293 e. The second-order valence-corrected chi connectivity index (χ2v) is 3.86. The van der Waals surface area contributed by atoms with Crippen molar-refractivity contribution >= 4 is 5.78 Å². The van der Waals surface area contributed by atoms with Gasteiger partial charge in [-0.25, -0.2) is 4.39 Å². The number of ketones is 1. The average molecular weight is 288 g/mol. The second-order valence-electron chi connectivity index (χ2n) is 3.86. The van der Waals surface area contributed by atoms with Crippen molar-refractivity contribution in [2.24, 2.45) is 5.92 Å². The van der Waals surface area contributed by atoms with Crippen molar-refractivity contribution in [2.75, 3.05) is 0 Å². The van der Waals surface area contributed by atoms with Crippen LogP contribution < -0.4 is 0 Å². The van der Waals surface area contributed by atoms with Crippen LogP contribution in [0.3, 0.4) is 0 Å². The van der Waals surface area contributed by atoms with Crippen LogP contribution in [0.2, 0.25) is 0 Å². The van der Waals surface area contributed by atoms with Gasteiger partial charge >= 0.3 is 12.4 Å². The molecule has 1 aromatic rings. The van der Waals surface area contributed by atoms with Crippen molar-refractivity contribution in [3.63, 3.8) is 0 Å². The van der Waals surface area contributed by atoms with Crippen molar-refractivity contribution in [1.82, 2.24) is 0 Å². The number of benzene rings is 1. The molecule has 106 valence electrons. The standard InChI is InChI=1S/C11H7F7O/c1-5-2-3-7(12)6(4-5)8(19)9(10(13,14)15)11(16,17)18/h2-4,9H,1H3. The number of aryl methyl sites for hydroxylation is 1. The Kier molecular flexibility index (Phi) is 3.92. The highest BCUT2D eigenvalue weighted by Crippen LogP contribution is 2.41. The van der Waals surface area contributed by atoms with Crippen LogP contribution in [0.5, 0.6) is 0 Å². The minimum atomic E-state index is -5.83. The second kappa shape index (κ2) is 4.82. The zero-order chi connectivity index (χ0) is 15.0. The van der Waals surface area contributed by atoms with E-state index in [-0.39, 0.29) is 5.56 Å². The first-order valence-corrected chi connectivity index (χ1v) is 4.88. The topological polar surface area (TPSA) is 17.1 Å². The van der Waals surface area contributed by atoms with Crippen LogP contribution in [0.15, 0.2) is 18.2 Å². The lowest BCUT2D eigenvalue weighted by molar-refractivity contribution is -0.264. The fourth-order valence-corrected chi connectivity index (χ4v) is 1.47. The van der Waals surface area contributed by atoms with Gasteiger partial charge < -0.3 is 0 Å². The Balaban J connectivity index is 3.32. The Morgan fingerprint density at radius 1 is 1.05 bits per heavy atom. The van der Waals surface area contributed by atoms with E-state index < -0.39 is 35.4 Å².